The number of aliphatic imine (C=N–C) groups is 1. The van der Waals surface area contributed by atoms with Gasteiger partial charge in [0.2, 0.25) is 11.8 Å². The van der Waals surface area contributed by atoms with Crippen molar-refractivity contribution in [2.24, 2.45) is 16.5 Å². The summed E-state index contributed by atoms with van der Waals surface area (Å²) in [7, 11) is 3.14. The number of methoxy groups -OCH3 is 1. The van der Waals surface area contributed by atoms with Gasteiger partial charge in [0.25, 0.3) is 11.8 Å². The highest BCUT2D eigenvalue weighted by Gasteiger charge is 2.19. The summed E-state index contributed by atoms with van der Waals surface area (Å²) in [5.74, 6) is 0.886. The number of benzene rings is 1. The molecule has 1 amide bonds. The van der Waals surface area contributed by atoms with Crippen molar-refractivity contribution >= 4 is 29.6 Å². The van der Waals surface area contributed by atoms with Crippen LogP contribution in [0.4, 0.5) is 17.5 Å². The van der Waals surface area contributed by atoms with Gasteiger partial charge in [-0.3, -0.25) is 9.79 Å². The van der Waals surface area contributed by atoms with Gasteiger partial charge in [0, 0.05) is 44.7 Å². The number of anilines is 3. The molecule has 12 heteroatoms. The second-order valence-corrected chi connectivity index (χ2v) is 6.44. The van der Waals surface area contributed by atoms with E-state index in [0.29, 0.717) is 35.3 Å². The minimum Gasteiger partial charge on any atom is -0.494 e. The van der Waals surface area contributed by atoms with Crippen molar-refractivity contribution in [3.8, 4) is 17.2 Å². The van der Waals surface area contributed by atoms with Gasteiger partial charge in [-0.2, -0.15) is 4.98 Å². The van der Waals surface area contributed by atoms with E-state index in [2.05, 4.69) is 35.8 Å². The molecule has 0 saturated heterocycles. The monoisotopic (exact) mass is 467 g/mol. The molecule has 3 aromatic rings. The average Bonchev–Trinajstić information content (AvgIpc) is 3.28. The number of amides is 1. The van der Waals surface area contributed by atoms with Crippen molar-refractivity contribution < 1.29 is 13.9 Å². The van der Waals surface area contributed by atoms with Crippen LogP contribution in [0.2, 0.25) is 0 Å². The van der Waals surface area contributed by atoms with Crippen molar-refractivity contribution in [2.75, 3.05) is 31.3 Å². The SMILES string of the molecule is CC.CN=C/C(=C\N)CNc1ncc(C(N)=O)c(Nc2cccc(-c3nnc(C)o3)c2OC)n1. The third-order valence-electron chi connectivity index (χ3n) is 4.24. The average molecular weight is 468 g/mol. The number of primary amides is 1. The topological polar surface area (TPSA) is 179 Å². The Kier molecular flexibility index (Phi) is 9.50. The molecule has 0 saturated carbocycles. The first-order valence-corrected chi connectivity index (χ1v) is 10.4. The van der Waals surface area contributed by atoms with Gasteiger partial charge < -0.3 is 31.3 Å². The van der Waals surface area contributed by atoms with Gasteiger partial charge in [-0.05, 0) is 12.1 Å². The van der Waals surface area contributed by atoms with Gasteiger partial charge in [0.05, 0.1) is 18.4 Å². The number of nitrogens with zero attached hydrogens (tertiary/aromatic N) is 5. The van der Waals surface area contributed by atoms with Gasteiger partial charge in [-0.15, -0.1) is 10.2 Å². The van der Waals surface area contributed by atoms with Crippen LogP contribution in [0.1, 0.15) is 30.1 Å². The Hall–Kier alpha value is -4.48. The molecule has 0 spiro atoms. The number of nitrogens with two attached hydrogens (primary N) is 2. The van der Waals surface area contributed by atoms with Crippen LogP contribution in [0.3, 0.4) is 0 Å². The van der Waals surface area contributed by atoms with Crippen LogP contribution in [0, 0.1) is 6.92 Å². The first-order valence-electron chi connectivity index (χ1n) is 10.4. The molecule has 2 aromatic heterocycles. The Bertz CT molecular complexity index is 1170. The lowest BCUT2D eigenvalue weighted by Gasteiger charge is -2.15. The minimum absolute atomic E-state index is 0.0985. The summed E-state index contributed by atoms with van der Waals surface area (Å²) < 4.78 is 11.1. The molecule has 180 valence electrons. The Labute approximate surface area is 197 Å². The highest BCUT2D eigenvalue weighted by atomic mass is 16.5. The van der Waals surface area contributed by atoms with E-state index >= 15 is 0 Å². The number of nitrogens with one attached hydrogen (secondary N) is 2. The van der Waals surface area contributed by atoms with Gasteiger partial charge in [-0.25, -0.2) is 4.98 Å². The molecule has 2 heterocycles. The van der Waals surface area contributed by atoms with Gasteiger partial charge in [-0.1, -0.05) is 19.9 Å². The van der Waals surface area contributed by atoms with E-state index in [-0.39, 0.29) is 17.3 Å². The fourth-order valence-electron chi connectivity index (χ4n) is 2.79. The van der Waals surface area contributed by atoms with E-state index in [1.54, 1.807) is 38.4 Å². The zero-order chi connectivity index (χ0) is 25.1. The molecule has 6 N–H and O–H groups in total. The van der Waals surface area contributed by atoms with Crippen LogP contribution in [-0.4, -0.2) is 53.0 Å². The van der Waals surface area contributed by atoms with E-state index in [4.69, 9.17) is 20.6 Å². The van der Waals surface area contributed by atoms with E-state index in [0.717, 1.165) is 5.57 Å². The molecule has 0 aliphatic heterocycles. The van der Waals surface area contributed by atoms with Crippen molar-refractivity contribution in [1.29, 1.82) is 0 Å². The van der Waals surface area contributed by atoms with Crippen LogP contribution >= 0.6 is 0 Å². The maximum atomic E-state index is 11.9. The molecule has 0 fully saturated rings. The lowest BCUT2D eigenvalue weighted by atomic mass is 10.1. The normalized spacial score (nSPS) is 11.0. The van der Waals surface area contributed by atoms with Crippen molar-refractivity contribution in [3.05, 3.63) is 47.6 Å². The highest BCUT2D eigenvalue weighted by molar-refractivity contribution is 5.98. The predicted molar refractivity (Wildman–Crippen MR) is 131 cm³/mol. The summed E-state index contributed by atoms with van der Waals surface area (Å²) >= 11 is 0. The van der Waals surface area contributed by atoms with Crippen molar-refractivity contribution in [1.82, 2.24) is 20.2 Å². The van der Waals surface area contributed by atoms with Crippen LogP contribution in [-0.2, 0) is 0 Å². The van der Waals surface area contributed by atoms with Crippen molar-refractivity contribution in [3.63, 3.8) is 0 Å². The Morgan fingerprint density at radius 2 is 2.06 bits per heavy atom. The molecule has 1 aromatic carbocycles. The second kappa shape index (κ2) is 12.5. The number of aryl methyl sites for hydroxylation is 1. The lowest BCUT2D eigenvalue weighted by Crippen LogP contribution is -2.17. The minimum atomic E-state index is -0.692. The molecule has 0 aliphatic rings. The first-order chi connectivity index (χ1) is 16.5. The maximum Gasteiger partial charge on any atom is 0.254 e. The molecule has 0 atom stereocenters. The quantitative estimate of drug-likeness (QED) is 0.342. The number of aromatic nitrogens is 4. The number of ether oxygens (including phenoxy) is 1. The summed E-state index contributed by atoms with van der Waals surface area (Å²) in [4.78, 5) is 24.4. The second-order valence-electron chi connectivity index (χ2n) is 6.44. The molecule has 0 aliphatic carbocycles. The number of carbonyl (C=O) groups excluding carboxylic acids is 1. The van der Waals surface area contributed by atoms with E-state index in [1.807, 2.05) is 13.8 Å². The third kappa shape index (κ3) is 6.28. The number of rotatable bonds is 9. The summed E-state index contributed by atoms with van der Waals surface area (Å²) in [5.41, 5.74) is 13.0. The molecule has 3 rings (SSSR count). The summed E-state index contributed by atoms with van der Waals surface area (Å²) in [6, 6.07) is 5.29. The molecule has 12 nitrogen and oxygen atoms in total. The fourth-order valence-corrected chi connectivity index (χ4v) is 2.79. The van der Waals surface area contributed by atoms with E-state index < -0.39 is 5.91 Å². The summed E-state index contributed by atoms with van der Waals surface area (Å²) in [5, 5.41) is 14.0. The summed E-state index contributed by atoms with van der Waals surface area (Å²) in [6.45, 7) is 6.02. The molecular weight excluding hydrogens is 438 g/mol. The fraction of sp³-hybridized carbons (Fsp3) is 0.273. The predicted octanol–water partition coefficient (Wildman–Crippen LogP) is 2.67. The third-order valence-corrected chi connectivity index (χ3v) is 4.24. The Morgan fingerprint density at radius 3 is 2.65 bits per heavy atom. The van der Waals surface area contributed by atoms with E-state index in [1.165, 1.54) is 19.5 Å². The van der Waals surface area contributed by atoms with Crippen molar-refractivity contribution in [2.45, 2.75) is 20.8 Å². The molecule has 0 unspecified atom stereocenters. The van der Waals surface area contributed by atoms with Gasteiger partial charge >= 0.3 is 0 Å². The Balaban J connectivity index is 0.00000199. The zero-order valence-corrected chi connectivity index (χ0v) is 19.8. The molecule has 0 bridgehead atoms. The first kappa shape index (κ1) is 25.8. The molecule has 34 heavy (non-hydrogen) atoms. The highest BCUT2D eigenvalue weighted by Crippen LogP contribution is 2.37. The Morgan fingerprint density at radius 1 is 1.29 bits per heavy atom. The van der Waals surface area contributed by atoms with Crippen LogP contribution < -0.4 is 26.8 Å². The van der Waals surface area contributed by atoms with Crippen LogP contribution in [0.25, 0.3) is 11.5 Å². The number of hydrogen-bond acceptors (Lipinski definition) is 11. The number of hydrogen-bond donors (Lipinski definition) is 4. The van der Waals surface area contributed by atoms with Crippen LogP contribution in [0.5, 0.6) is 5.75 Å². The largest absolute Gasteiger partial charge is 0.494 e. The van der Waals surface area contributed by atoms with Crippen LogP contribution in [0.15, 0.2) is 45.6 Å². The maximum absolute atomic E-state index is 11.9. The lowest BCUT2D eigenvalue weighted by molar-refractivity contribution is 0.100. The smallest absolute Gasteiger partial charge is 0.254 e. The molecular formula is C22H29N9O3. The number of carbonyl (C=O) groups is 1. The number of para-hydroxylation sites is 1. The van der Waals surface area contributed by atoms with E-state index in [9.17, 15) is 4.79 Å². The zero-order valence-electron chi connectivity index (χ0n) is 19.8. The van der Waals surface area contributed by atoms with Gasteiger partial charge in [0.15, 0.2) is 5.75 Å². The molecule has 0 radical (unpaired) electrons. The van der Waals surface area contributed by atoms with Gasteiger partial charge in [0.1, 0.15) is 11.4 Å². The summed E-state index contributed by atoms with van der Waals surface area (Å²) in [6.07, 6.45) is 4.36. The standard InChI is InChI=1S/C20H23N9O3.C2H6/c1-11-28-29-19(32-11)13-5-4-6-15(16(13)31-3)26-18-14(17(22)30)10-25-20(27-18)24-9-12(7-21)8-23-2;1-2/h4-8,10H,9,21H2,1-3H3,(H2,22,30)(H2,24,25,26,27);1-2H3/b12-7+,23-8?;.